The van der Waals surface area contributed by atoms with E-state index < -0.39 is 0 Å². The molecule has 0 aromatic carbocycles. The van der Waals surface area contributed by atoms with Gasteiger partial charge in [-0.3, -0.25) is 9.78 Å². The molecule has 2 N–H and O–H groups in total. The molecule has 98 valence electrons. The molecule has 0 radical (unpaired) electrons. The average Bonchev–Trinajstić information content (AvgIpc) is 2.18. The van der Waals surface area contributed by atoms with Crippen molar-refractivity contribution in [2.45, 2.75) is 13.8 Å². The van der Waals surface area contributed by atoms with Gasteiger partial charge in [0.2, 0.25) is 5.91 Å². The van der Waals surface area contributed by atoms with E-state index in [9.17, 15) is 4.79 Å². The van der Waals surface area contributed by atoms with E-state index in [0.29, 0.717) is 6.54 Å². The summed E-state index contributed by atoms with van der Waals surface area (Å²) in [5.74, 6) is -0.0349. The van der Waals surface area contributed by atoms with Gasteiger partial charge in [0.05, 0.1) is 11.9 Å². The van der Waals surface area contributed by atoms with Gasteiger partial charge < -0.3 is 10.6 Å². The third-order valence-electron chi connectivity index (χ3n) is 2.10. The maximum atomic E-state index is 11.6. The number of aromatic nitrogens is 1. The number of carbonyl (C=O) groups excluding carboxylic acids is 1. The number of aryl methyl sites for hydroxylation is 1. The second kappa shape index (κ2) is 9.22. The van der Waals surface area contributed by atoms with Gasteiger partial charge in [-0.1, -0.05) is 6.92 Å². The van der Waals surface area contributed by atoms with Crippen LogP contribution in [0.5, 0.6) is 0 Å². The van der Waals surface area contributed by atoms with Crippen molar-refractivity contribution in [2.24, 2.45) is 5.92 Å². The fraction of sp³-hybridized carbons (Fsp3) is 0.455. The fourth-order valence-electron chi connectivity index (χ4n) is 1.29. The van der Waals surface area contributed by atoms with Gasteiger partial charge >= 0.3 is 0 Å². The van der Waals surface area contributed by atoms with Crippen LogP contribution in [0.15, 0.2) is 18.5 Å². The van der Waals surface area contributed by atoms with E-state index in [4.69, 9.17) is 0 Å². The molecule has 6 heteroatoms. The Hall–Kier alpha value is -0.840. The Morgan fingerprint density at radius 2 is 2.06 bits per heavy atom. The van der Waals surface area contributed by atoms with Gasteiger partial charge in [-0.25, -0.2) is 0 Å². The lowest BCUT2D eigenvalue weighted by Crippen LogP contribution is -2.28. The molecule has 1 unspecified atom stereocenters. The van der Waals surface area contributed by atoms with Crippen molar-refractivity contribution in [3.8, 4) is 0 Å². The highest BCUT2D eigenvalue weighted by Gasteiger charge is 2.11. The second-order valence-corrected chi connectivity index (χ2v) is 3.70. The lowest BCUT2D eigenvalue weighted by atomic mass is 10.1. The normalized spacial score (nSPS) is 10.8. The van der Waals surface area contributed by atoms with Gasteiger partial charge in [0.1, 0.15) is 0 Å². The number of carbonyl (C=O) groups is 1. The number of hydrogen-bond acceptors (Lipinski definition) is 3. The molecule has 1 heterocycles. The van der Waals surface area contributed by atoms with Crippen molar-refractivity contribution in [2.75, 3.05) is 18.9 Å². The molecule has 1 aromatic rings. The van der Waals surface area contributed by atoms with E-state index in [0.717, 1.165) is 11.3 Å². The zero-order chi connectivity index (χ0) is 11.3. The van der Waals surface area contributed by atoms with Gasteiger partial charge in [0.15, 0.2) is 0 Å². The minimum absolute atomic E-state index is 0. The summed E-state index contributed by atoms with van der Waals surface area (Å²) in [7, 11) is 1.83. The molecule has 1 amide bonds. The van der Waals surface area contributed by atoms with E-state index in [1.54, 1.807) is 12.4 Å². The largest absolute Gasteiger partial charge is 0.324 e. The highest BCUT2D eigenvalue weighted by molar-refractivity contribution is 5.92. The van der Waals surface area contributed by atoms with Crippen LogP contribution >= 0.6 is 24.8 Å². The van der Waals surface area contributed by atoms with Crippen molar-refractivity contribution < 1.29 is 4.79 Å². The van der Waals surface area contributed by atoms with Crippen molar-refractivity contribution in [3.05, 3.63) is 24.0 Å². The topological polar surface area (TPSA) is 54.0 Å². The van der Waals surface area contributed by atoms with Crippen LogP contribution in [0.25, 0.3) is 0 Å². The molecule has 0 fully saturated rings. The molecule has 4 nitrogen and oxygen atoms in total. The molecule has 0 aliphatic rings. The average molecular weight is 280 g/mol. The van der Waals surface area contributed by atoms with E-state index >= 15 is 0 Å². The minimum Gasteiger partial charge on any atom is -0.324 e. The highest BCUT2D eigenvalue weighted by Crippen LogP contribution is 2.08. The molecule has 0 aliphatic carbocycles. The molecule has 1 rings (SSSR count). The number of rotatable bonds is 4. The van der Waals surface area contributed by atoms with E-state index in [1.807, 2.05) is 27.0 Å². The van der Waals surface area contributed by atoms with Crippen molar-refractivity contribution in [3.63, 3.8) is 0 Å². The van der Waals surface area contributed by atoms with Crippen LogP contribution < -0.4 is 10.6 Å². The zero-order valence-corrected chi connectivity index (χ0v) is 11.8. The molecule has 1 atom stereocenters. The van der Waals surface area contributed by atoms with Crippen LogP contribution in [0.1, 0.15) is 12.5 Å². The van der Waals surface area contributed by atoms with Gasteiger partial charge in [0, 0.05) is 18.7 Å². The van der Waals surface area contributed by atoms with Crippen LogP contribution in [-0.2, 0) is 4.79 Å². The molecular formula is C11H19Cl2N3O. The van der Waals surface area contributed by atoms with Gasteiger partial charge in [-0.15, -0.1) is 24.8 Å². The van der Waals surface area contributed by atoms with Crippen molar-refractivity contribution in [1.29, 1.82) is 0 Å². The molecular weight excluding hydrogens is 261 g/mol. The van der Waals surface area contributed by atoms with Crippen molar-refractivity contribution in [1.82, 2.24) is 10.3 Å². The van der Waals surface area contributed by atoms with Crippen LogP contribution in [0.3, 0.4) is 0 Å². The Kier molecular flexibility index (Phi) is 10.0. The van der Waals surface area contributed by atoms with Crippen LogP contribution in [0.2, 0.25) is 0 Å². The maximum absolute atomic E-state index is 11.6. The standard InChI is InChI=1S/C11H17N3O.2ClH/c1-8-4-10(7-13-5-8)14-11(15)9(2)6-12-3;;/h4-5,7,9,12H,6H2,1-3H3,(H,14,15);2*1H. The first kappa shape index (κ1) is 18.5. The Morgan fingerprint density at radius 1 is 1.41 bits per heavy atom. The molecule has 0 saturated carbocycles. The Morgan fingerprint density at radius 3 is 2.59 bits per heavy atom. The summed E-state index contributed by atoms with van der Waals surface area (Å²) in [6, 6.07) is 1.90. The molecule has 0 saturated heterocycles. The van der Waals surface area contributed by atoms with Crippen LogP contribution in [0, 0.1) is 12.8 Å². The summed E-state index contributed by atoms with van der Waals surface area (Å²) < 4.78 is 0. The number of halogens is 2. The number of hydrogen-bond donors (Lipinski definition) is 2. The Labute approximate surface area is 114 Å². The fourth-order valence-corrected chi connectivity index (χ4v) is 1.29. The minimum atomic E-state index is -0.0458. The van der Waals surface area contributed by atoms with Crippen molar-refractivity contribution >= 4 is 36.4 Å². The van der Waals surface area contributed by atoms with E-state index in [2.05, 4.69) is 15.6 Å². The Bertz CT molecular complexity index is 347. The third kappa shape index (κ3) is 6.46. The molecule has 0 spiro atoms. The SMILES string of the molecule is CNCC(C)C(=O)Nc1cncc(C)c1.Cl.Cl. The lowest BCUT2D eigenvalue weighted by molar-refractivity contribution is -0.119. The number of anilines is 1. The summed E-state index contributed by atoms with van der Waals surface area (Å²) >= 11 is 0. The second-order valence-electron chi connectivity index (χ2n) is 3.70. The van der Waals surface area contributed by atoms with E-state index in [1.165, 1.54) is 0 Å². The van der Waals surface area contributed by atoms with Crippen LogP contribution in [-0.4, -0.2) is 24.5 Å². The first-order valence-electron chi connectivity index (χ1n) is 5.00. The number of nitrogens with one attached hydrogen (secondary N) is 2. The summed E-state index contributed by atoms with van der Waals surface area (Å²) in [6.45, 7) is 4.50. The summed E-state index contributed by atoms with van der Waals surface area (Å²) in [6.07, 6.45) is 3.41. The Balaban J connectivity index is 0. The predicted molar refractivity (Wildman–Crippen MR) is 75.2 cm³/mol. The summed E-state index contributed by atoms with van der Waals surface area (Å²) in [4.78, 5) is 15.6. The number of nitrogens with zero attached hydrogens (tertiary/aromatic N) is 1. The first-order valence-corrected chi connectivity index (χ1v) is 5.00. The van der Waals surface area contributed by atoms with E-state index in [-0.39, 0.29) is 36.6 Å². The predicted octanol–water partition coefficient (Wildman–Crippen LogP) is 2.03. The summed E-state index contributed by atoms with van der Waals surface area (Å²) in [5.41, 5.74) is 1.79. The lowest BCUT2D eigenvalue weighted by Gasteiger charge is -2.11. The first-order chi connectivity index (χ1) is 7.13. The molecule has 17 heavy (non-hydrogen) atoms. The maximum Gasteiger partial charge on any atom is 0.228 e. The number of pyridine rings is 1. The smallest absolute Gasteiger partial charge is 0.228 e. The number of amides is 1. The van der Waals surface area contributed by atoms with Gasteiger partial charge in [0.25, 0.3) is 0 Å². The molecule has 1 aromatic heterocycles. The van der Waals surface area contributed by atoms with Gasteiger partial charge in [-0.05, 0) is 25.6 Å². The molecule has 0 bridgehead atoms. The quantitative estimate of drug-likeness (QED) is 0.887. The summed E-state index contributed by atoms with van der Waals surface area (Å²) in [5, 5.41) is 5.79. The third-order valence-corrected chi connectivity index (χ3v) is 2.10. The van der Waals surface area contributed by atoms with Crippen LogP contribution in [0.4, 0.5) is 5.69 Å². The van der Waals surface area contributed by atoms with Gasteiger partial charge in [-0.2, -0.15) is 0 Å². The highest BCUT2D eigenvalue weighted by atomic mass is 35.5. The molecule has 0 aliphatic heterocycles. The monoisotopic (exact) mass is 279 g/mol. The zero-order valence-electron chi connectivity index (χ0n) is 10.2.